The van der Waals surface area contributed by atoms with Crippen molar-refractivity contribution in [1.29, 1.82) is 0 Å². The number of hydrogen-bond donors (Lipinski definition) is 1. The lowest BCUT2D eigenvalue weighted by atomic mass is 9.69. The van der Waals surface area contributed by atoms with Crippen LogP contribution in [-0.4, -0.2) is 50.8 Å². The molecule has 10 heteroatoms. The second-order valence-corrected chi connectivity index (χ2v) is 12.5. The van der Waals surface area contributed by atoms with Crippen molar-refractivity contribution in [3.05, 3.63) is 90.8 Å². The fourth-order valence-electron chi connectivity index (χ4n) is 6.57. The first kappa shape index (κ1) is 27.7. The van der Waals surface area contributed by atoms with E-state index in [9.17, 15) is 14.3 Å². The monoisotopic (exact) mass is 589 g/mol. The molecule has 1 saturated carbocycles. The first-order chi connectivity index (χ1) is 21.0. The van der Waals surface area contributed by atoms with Crippen molar-refractivity contribution in [1.82, 2.24) is 34.0 Å². The lowest BCUT2D eigenvalue weighted by Gasteiger charge is -2.54. The third-order valence-electron chi connectivity index (χ3n) is 8.63. The van der Waals surface area contributed by atoms with Gasteiger partial charge >= 0.3 is 6.09 Å². The zero-order valence-corrected chi connectivity index (χ0v) is 25.0. The highest BCUT2D eigenvalue weighted by atomic mass is 19.1. The van der Waals surface area contributed by atoms with Crippen molar-refractivity contribution in [3.63, 3.8) is 0 Å². The van der Waals surface area contributed by atoms with Crippen LogP contribution in [0.1, 0.15) is 45.6 Å². The van der Waals surface area contributed by atoms with Gasteiger partial charge in [-0.25, -0.2) is 19.2 Å². The molecular weight excluding hydrogens is 557 g/mol. The number of benzene rings is 2. The summed E-state index contributed by atoms with van der Waals surface area (Å²) in [5.74, 6) is 0.307. The number of carboxylic acid groups (broad SMARTS) is 1. The van der Waals surface area contributed by atoms with E-state index < -0.39 is 17.2 Å². The summed E-state index contributed by atoms with van der Waals surface area (Å²) < 4.78 is 17.7. The molecule has 1 aliphatic rings. The molecule has 1 fully saturated rings. The van der Waals surface area contributed by atoms with Gasteiger partial charge in [-0.2, -0.15) is 0 Å². The molecule has 0 saturated heterocycles. The quantitative estimate of drug-likeness (QED) is 0.226. The van der Waals surface area contributed by atoms with Gasteiger partial charge in [0.1, 0.15) is 11.5 Å². The molecule has 0 aliphatic heterocycles. The topological polar surface area (TPSA) is 101 Å². The standard InChI is InChI=1S/C34H32FN7O2/c1-33(2,3)42(32(43)44)34(15-5-16-34)23-10-6-22(7-11-23)29-25(21-8-12-24(35)13-9-21)18-26-27(37-29)14-17-41-30(26)38-39-31(41)28-19-40(4)20-36-28/h6-14,17-20H,5,15-16H2,1-4H3,(H,43,44). The van der Waals surface area contributed by atoms with Gasteiger partial charge in [-0.15, -0.1) is 10.2 Å². The molecule has 4 aromatic heterocycles. The van der Waals surface area contributed by atoms with Crippen LogP contribution >= 0.6 is 0 Å². The number of aryl methyl sites for hydroxylation is 1. The van der Waals surface area contributed by atoms with Gasteiger partial charge in [-0.3, -0.25) is 9.30 Å². The first-order valence-electron chi connectivity index (χ1n) is 14.6. The number of hydrogen-bond acceptors (Lipinski definition) is 5. The fourth-order valence-corrected chi connectivity index (χ4v) is 6.57. The second kappa shape index (κ2) is 9.97. The van der Waals surface area contributed by atoms with Crippen LogP contribution in [0, 0.1) is 5.82 Å². The summed E-state index contributed by atoms with van der Waals surface area (Å²) in [4.78, 5) is 23.6. The molecule has 0 spiro atoms. The summed E-state index contributed by atoms with van der Waals surface area (Å²) in [7, 11) is 1.90. The highest BCUT2D eigenvalue weighted by molar-refractivity contribution is 5.98. The van der Waals surface area contributed by atoms with E-state index in [4.69, 9.17) is 4.98 Å². The van der Waals surface area contributed by atoms with Crippen molar-refractivity contribution < 1.29 is 14.3 Å². The third-order valence-corrected chi connectivity index (χ3v) is 8.63. The van der Waals surface area contributed by atoms with E-state index in [-0.39, 0.29) is 5.82 Å². The van der Waals surface area contributed by atoms with E-state index in [2.05, 4.69) is 15.2 Å². The smallest absolute Gasteiger partial charge is 0.408 e. The molecule has 4 heterocycles. The Morgan fingerprint density at radius 2 is 1.70 bits per heavy atom. The Hall–Kier alpha value is -5.12. The van der Waals surface area contributed by atoms with Crippen molar-refractivity contribution in [2.45, 2.75) is 51.1 Å². The van der Waals surface area contributed by atoms with Crippen LogP contribution in [0.5, 0.6) is 0 Å². The van der Waals surface area contributed by atoms with Gasteiger partial charge in [0.2, 0.25) is 0 Å². The van der Waals surface area contributed by atoms with Gasteiger partial charge in [0.25, 0.3) is 0 Å². The predicted octanol–water partition coefficient (Wildman–Crippen LogP) is 7.31. The number of pyridine rings is 2. The van der Waals surface area contributed by atoms with Crippen LogP contribution in [0.25, 0.3) is 50.5 Å². The van der Waals surface area contributed by atoms with E-state index in [1.54, 1.807) is 23.4 Å². The van der Waals surface area contributed by atoms with Crippen LogP contribution in [0.15, 0.2) is 79.4 Å². The molecule has 7 rings (SSSR count). The minimum Gasteiger partial charge on any atom is -0.465 e. The lowest BCUT2D eigenvalue weighted by Crippen LogP contribution is -2.60. The van der Waals surface area contributed by atoms with E-state index >= 15 is 0 Å². The van der Waals surface area contributed by atoms with Crippen LogP contribution in [-0.2, 0) is 12.6 Å². The van der Waals surface area contributed by atoms with Gasteiger partial charge in [-0.05, 0) is 75.4 Å². The molecule has 1 aliphatic carbocycles. The number of amides is 1. The second-order valence-electron chi connectivity index (χ2n) is 12.5. The van der Waals surface area contributed by atoms with Crippen LogP contribution in [0.4, 0.5) is 9.18 Å². The van der Waals surface area contributed by atoms with E-state index in [0.717, 1.165) is 58.1 Å². The Bertz CT molecular complexity index is 2040. The maximum Gasteiger partial charge on any atom is 0.408 e. The molecule has 0 radical (unpaired) electrons. The molecular formula is C34H32FN7O2. The van der Waals surface area contributed by atoms with Gasteiger partial charge in [-0.1, -0.05) is 36.4 Å². The maximum atomic E-state index is 14.0. The van der Waals surface area contributed by atoms with Gasteiger partial charge in [0.05, 0.1) is 23.1 Å². The van der Waals surface area contributed by atoms with Gasteiger partial charge in [0, 0.05) is 41.5 Å². The molecule has 1 amide bonds. The average Bonchev–Trinajstić information content (AvgIpc) is 3.60. The lowest BCUT2D eigenvalue weighted by molar-refractivity contribution is -0.0328. The Morgan fingerprint density at radius 1 is 1.00 bits per heavy atom. The average molecular weight is 590 g/mol. The molecule has 2 aromatic carbocycles. The number of rotatable bonds is 5. The first-order valence-corrected chi connectivity index (χ1v) is 14.6. The SMILES string of the molecule is Cn1cnc(-c2nnc3c4cc(-c5ccc(F)cc5)c(-c5ccc(C6(N(C(=O)O)C(C)(C)C)CCC6)cc5)nc4ccn23)c1. The van der Waals surface area contributed by atoms with E-state index in [1.165, 1.54) is 12.1 Å². The summed E-state index contributed by atoms with van der Waals surface area (Å²) in [6.07, 6.45) is 7.12. The molecule has 9 nitrogen and oxygen atoms in total. The number of fused-ring (bicyclic) bond motifs is 3. The number of halogens is 1. The molecule has 0 atom stereocenters. The van der Waals surface area contributed by atoms with Crippen LogP contribution in [0.3, 0.4) is 0 Å². The summed E-state index contributed by atoms with van der Waals surface area (Å²) in [5, 5.41) is 19.9. The fraction of sp³-hybridized carbons (Fsp3) is 0.265. The molecule has 222 valence electrons. The highest BCUT2D eigenvalue weighted by Gasteiger charge is 2.50. The Kier molecular flexibility index (Phi) is 6.28. The minimum atomic E-state index is -0.915. The summed E-state index contributed by atoms with van der Waals surface area (Å²) in [6.45, 7) is 5.82. The molecule has 0 bridgehead atoms. The zero-order valence-electron chi connectivity index (χ0n) is 25.0. The van der Waals surface area contributed by atoms with Crippen LogP contribution in [0.2, 0.25) is 0 Å². The van der Waals surface area contributed by atoms with E-state index in [1.807, 2.05) is 85.6 Å². The molecule has 6 aromatic rings. The van der Waals surface area contributed by atoms with Crippen molar-refractivity contribution in [2.75, 3.05) is 0 Å². The Labute approximate surface area is 253 Å². The van der Waals surface area contributed by atoms with Gasteiger partial charge in [0.15, 0.2) is 11.5 Å². The predicted molar refractivity (Wildman–Crippen MR) is 166 cm³/mol. The number of aromatic nitrogens is 6. The normalized spacial score (nSPS) is 14.6. The van der Waals surface area contributed by atoms with E-state index in [0.29, 0.717) is 17.2 Å². The minimum absolute atomic E-state index is 0.319. The summed E-state index contributed by atoms with van der Waals surface area (Å²) in [6, 6.07) is 18.4. The number of nitrogens with zero attached hydrogens (tertiary/aromatic N) is 7. The van der Waals surface area contributed by atoms with Crippen LogP contribution < -0.4 is 0 Å². The third kappa shape index (κ3) is 4.40. The molecule has 0 unspecified atom stereocenters. The number of imidazole rings is 1. The van der Waals surface area contributed by atoms with Crippen molar-refractivity contribution >= 4 is 22.6 Å². The Morgan fingerprint density at radius 3 is 2.30 bits per heavy atom. The summed E-state index contributed by atoms with van der Waals surface area (Å²) >= 11 is 0. The zero-order chi connectivity index (χ0) is 30.8. The largest absolute Gasteiger partial charge is 0.465 e. The highest BCUT2D eigenvalue weighted by Crippen LogP contribution is 2.50. The number of carbonyl (C=O) groups is 1. The van der Waals surface area contributed by atoms with Gasteiger partial charge < -0.3 is 9.67 Å². The van der Waals surface area contributed by atoms with Crippen molar-refractivity contribution in [3.8, 4) is 33.9 Å². The maximum absolute atomic E-state index is 14.0. The summed E-state index contributed by atoms with van der Waals surface area (Å²) in [5.41, 5.74) is 5.18. The van der Waals surface area contributed by atoms with Crippen molar-refractivity contribution in [2.24, 2.45) is 7.05 Å². The Balaban J connectivity index is 1.38. The molecule has 1 N–H and O–H groups in total. The molecule has 44 heavy (non-hydrogen) atoms.